The molecule has 0 spiro atoms. The molecule has 1 aromatic heterocycles. The molecule has 2 rings (SSSR count). The molecule has 0 aliphatic heterocycles. The van der Waals surface area contributed by atoms with Crippen molar-refractivity contribution in [2.45, 2.75) is 0 Å². The number of aromatic nitrogens is 1. The van der Waals surface area contributed by atoms with E-state index in [1.165, 1.54) is 13.2 Å². The predicted molar refractivity (Wildman–Crippen MR) is 60.9 cm³/mol. The molecule has 0 unspecified atom stereocenters. The fourth-order valence-electron chi connectivity index (χ4n) is 1.52. The number of rotatable bonds is 3. The van der Waals surface area contributed by atoms with Crippen molar-refractivity contribution in [3.8, 4) is 0 Å². The maximum absolute atomic E-state index is 10.7. The fourth-order valence-corrected chi connectivity index (χ4v) is 1.52. The molecule has 0 aliphatic rings. The topological polar surface area (TPSA) is 62.3 Å². The van der Waals surface area contributed by atoms with Crippen LogP contribution >= 0.6 is 0 Å². The van der Waals surface area contributed by atoms with Gasteiger partial charge in [0.25, 0.3) is 0 Å². The number of ether oxygens (including phenoxy) is 1. The standard InChI is InChI=1S/C12H11NO3/c1-16-11(12(14)15)7-9-6-8-4-2-3-5-10(8)13-9/h2-7,13H,1H3,(H,14,15). The van der Waals surface area contributed by atoms with E-state index in [0.717, 1.165) is 10.9 Å². The number of carbonyl (C=O) groups is 1. The maximum atomic E-state index is 10.7. The van der Waals surface area contributed by atoms with Gasteiger partial charge in [0.15, 0.2) is 0 Å². The van der Waals surface area contributed by atoms with E-state index in [2.05, 4.69) is 4.98 Å². The van der Waals surface area contributed by atoms with Crippen molar-refractivity contribution in [2.24, 2.45) is 0 Å². The van der Waals surface area contributed by atoms with Crippen molar-refractivity contribution in [3.63, 3.8) is 0 Å². The van der Waals surface area contributed by atoms with Crippen LogP contribution in [0.5, 0.6) is 0 Å². The summed E-state index contributed by atoms with van der Waals surface area (Å²) in [6.45, 7) is 0. The first-order valence-electron chi connectivity index (χ1n) is 4.77. The van der Waals surface area contributed by atoms with Crippen molar-refractivity contribution in [2.75, 3.05) is 7.11 Å². The highest BCUT2D eigenvalue weighted by molar-refractivity contribution is 5.91. The predicted octanol–water partition coefficient (Wildman–Crippen LogP) is 2.24. The Morgan fingerprint density at radius 1 is 1.44 bits per heavy atom. The second-order valence-electron chi connectivity index (χ2n) is 3.33. The largest absolute Gasteiger partial charge is 0.490 e. The Labute approximate surface area is 92.2 Å². The van der Waals surface area contributed by atoms with E-state index in [-0.39, 0.29) is 5.76 Å². The summed E-state index contributed by atoms with van der Waals surface area (Å²) in [5.74, 6) is -1.17. The van der Waals surface area contributed by atoms with Gasteiger partial charge in [0.1, 0.15) is 0 Å². The number of hydrogen-bond acceptors (Lipinski definition) is 2. The molecule has 0 saturated heterocycles. The van der Waals surface area contributed by atoms with E-state index >= 15 is 0 Å². The zero-order valence-corrected chi connectivity index (χ0v) is 8.73. The highest BCUT2D eigenvalue weighted by atomic mass is 16.5. The molecule has 0 atom stereocenters. The highest BCUT2D eigenvalue weighted by Gasteiger charge is 2.07. The molecule has 2 N–H and O–H groups in total. The second-order valence-corrected chi connectivity index (χ2v) is 3.33. The zero-order chi connectivity index (χ0) is 11.5. The summed E-state index contributed by atoms with van der Waals surface area (Å²) in [5.41, 5.74) is 1.68. The number of H-pyrrole nitrogens is 1. The zero-order valence-electron chi connectivity index (χ0n) is 8.73. The van der Waals surface area contributed by atoms with Gasteiger partial charge in [0.2, 0.25) is 5.76 Å². The lowest BCUT2D eigenvalue weighted by Gasteiger charge is -1.97. The monoisotopic (exact) mass is 217 g/mol. The third-order valence-electron chi connectivity index (χ3n) is 2.27. The Morgan fingerprint density at radius 2 is 2.19 bits per heavy atom. The molecule has 0 saturated carbocycles. The summed E-state index contributed by atoms with van der Waals surface area (Å²) in [5, 5.41) is 9.84. The number of carboxylic acids is 1. The van der Waals surface area contributed by atoms with Crippen LogP contribution in [0.25, 0.3) is 17.0 Å². The van der Waals surface area contributed by atoms with Gasteiger partial charge >= 0.3 is 5.97 Å². The third-order valence-corrected chi connectivity index (χ3v) is 2.27. The molecule has 0 amide bonds. The summed E-state index contributed by atoms with van der Waals surface area (Å²) in [7, 11) is 1.34. The summed E-state index contributed by atoms with van der Waals surface area (Å²) in [6.07, 6.45) is 1.46. The van der Waals surface area contributed by atoms with Gasteiger partial charge < -0.3 is 14.8 Å². The number of benzene rings is 1. The molecule has 4 heteroatoms. The van der Waals surface area contributed by atoms with Crippen molar-refractivity contribution in [1.82, 2.24) is 4.98 Å². The van der Waals surface area contributed by atoms with E-state index in [9.17, 15) is 4.79 Å². The van der Waals surface area contributed by atoms with Crippen molar-refractivity contribution in [1.29, 1.82) is 0 Å². The van der Waals surface area contributed by atoms with Gasteiger partial charge in [-0.2, -0.15) is 0 Å². The molecule has 16 heavy (non-hydrogen) atoms. The van der Waals surface area contributed by atoms with Crippen LogP contribution in [0, 0.1) is 0 Å². The summed E-state index contributed by atoms with van der Waals surface area (Å²) in [4.78, 5) is 13.8. The Morgan fingerprint density at radius 3 is 2.81 bits per heavy atom. The van der Waals surface area contributed by atoms with Crippen LogP contribution in [-0.2, 0) is 9.53 Å². The molecular weight excluding hydrogens is 206 g/mol. The Balaban J connectivity index is 2.44. The van der Waals surface area contributed by atoms with Crippen molar-refractivity contribution < 1.29 is 14.6 Å². The van der Waals surface area contributed by atoms with Crippen LogP contribution in [0.1, 0.15) is 5.69 Å². The molecule has 4 nitrogen and oxygen atoms in total. The number of hydrogen-bond donors (Lipinski definition) is 2. The minimum Gasteiger partial charge on any atom is -0.490 e. The van der Waals surface area contributed by atoms with E-state index in [4.69, 9.17) is 9.84 Å². The summed E-state index contributed by atoms with van der Waals surface area (Å²) >= 11 is 0. The second kappa shape index (κ2) is 4.10. The lowest BCUT2D eigenvalue weighted by molar-refractivity contribution is -0.135. The molecule has 1 heterocycles. The Bertz CT molecular complexity index is 521. The van der Waals surface area contributed by atoms with Crippen molar-refractivity contribution >= 4 is 22.9 Å². The lowest BCUT2D eigenvalue weighted by atomic mass is 10.2. The lowest BCUT2D eigenvalue weighted by Crippen LogP contribution is -2.01. The first-order valence-corrected chi connectivity index (χ1v) is 4.77. The van der Waals surface area contributed by atoms with Gasteiger partial charge in [0, 0.05) is 17.3 Å². The van der Waals surface area contributed by atoms with Gasteiger partial charge in [-0.25, -0.2) is 4.79 Å². The van der Waals surface area contributed by atoms with Crippen LogP contribution in [0.4, 0.5) is 0 Å². The number of fused-ring (bicyclic) bond motifs is 1. The van der Waals surface area contributed by atoms with Gasteiger partial charge in [0.05, 0.1) is 7.11 Å². The van der Waals surface area contributed by atoms with Crippen molar-refractivity contribution in [3.05, 3.63) is 41.8 Å². The van der Waals surface area contributed by atoms with Crippen LogP contribution < -0.4 is 0 Å². The van der Waals surface area contributed by atoms with Gasteiger partial charge in [-0.05, 0) is 17.5 Å². The molecule has 0 radical (unpaired) electrons. The van der Waals surface area contributed by atoms with E-state index in [1.807, 2.05) is 30.3 Å². The van der Waals surface area contributed by atoms with E-state index in [0.29, 0.717) is 5.69 Å². The molecular formula is C12H11NO3. The number of para-hydroxylation sites is 1. The number of carboxylic acid groups (broad SMARTS) is 1. The molecule has 0 aliphatic carbocycles. The number of nitrogens with one attached hydrogen (secondary N) is 1. The summed E-state index contributed by atoms with van der Waals surface area (Å²) in [6, 6.07) is 9.60. The van der Waals surface area contributed by atoms with Crippen LogP contribution in [0.2, 0.25) is 0 Å². The quantitative estimate of drug-likeness (QED) is 0.612. The van der Waals surface area contributed by atoms with Gasteiger partial charge in [-0.1, -0.05) is 18.2 Å². The van der Waals surface area contributed by atoms with Crippen LogP contribution in [0.15, 0.2) is 36.1 Å². The number of methoxy groups -OCH3 is 1. The van der Waals surface area contributed by atoms with Gasteiger partial charge in [-0.3, -0.25) is 0 Å². The average Bonchev–Trinajstić information content (AvgIpc) is 2.67. The minimum atomic E-state index is -1.08. The van der Waals surface area contributed by atoms with Crippen LogP contribution in [-0.4, -0.2) is 23.2 Å². The number of aromatic amines is 1. The minimum absolute atomic E-state index is 0.0912. The molecule has 2 aromatic rings. The molecule has 0 bridgehead atoms. The molecule has 82 valence electrons. The first kappa shape index (κ1) is 10.3. The Kier molecular flexibility index (Phi) is 2.64. The SMILES string of the molecule is COC(=Cc1cc2ccccc2[nH]1)C(=O)O. The van der Waals surface area contributed by atoms with E-state index < -0.39 is 5.97 Å². The van der Waals surface area contributed by atoms with Gasteiger partial charge in [-0.15, -0.1) is 0 Å². The van der Waals surface area contributed by atoms with E-state index in [1.54, 1.807) is 0 Å². The number of aliphatic carboxylic acids is 1. The fraction of sp³-hybridized carbons (Fsp3) is 0.0833. The molecule has 0 fully saturated rings. The smallest absolute Gasteiger partial charge is 0.371 e. The Hall–Kier alpha value is -2.23. The normalized spacial score (nSPS) is 11.7. The molecule has 1 aromatic carbocycles. The first-order chi connectivity index (χ1) is 7.70. The highest BCUT2D eigenvalue weighted by Crippen LogP contribution is 2.16. The van der Waals surface area contributed by atoms with Crippen LogP contribution in [0.3, 0.4) is 0 Å². The average molecular weight is 217 g/mol. The maximum Gasteiger partial charge on any atom is 0.371 e. The summed E-state index contributed by atoms with van der Waals surface area (Å²) < 4.78 is 4.75. The third kappa shape index (κ3) is 1.91.